The van der Waals surface area contributed by atoms with Gasteiger partial charge < -0.3 is 5.32 Å². The molecule has 1 aliphatic carbocycles. The predicted octanol–water partition coefficient (Wildman–Crippen LogP) is 5.17. The fourth-order valence-electron chi connectivity index (χ4n) is 2.22. The van der Waals surface area contributed by atoms with E-state index in [0.717, 1.165) is 25.7 Å². The molecule has 0 atom stereocenters. The number of amides is 1. The molecular formula is C13H14Cl3NO. The SMILES string of the molecule is O=C(Nc1cc(Cl)c(Cl)cc1Cl)C1CCCCC1. The Morgan fingerprint density at radius 1 is 1.00 bits per heavy atom. The minimum absolute atomic E-state index is 0.0231. The Kier molecular flexibility index (Phi) is 4.77. The lowest BCUT2D eigenvalue weighted by Gasteiger charge is -2.21. The van der Waals surface area contributed by atoms with Crippen LogP contribution in [0.2, 0.25) is 15.1 Å². The summed E-state index contributed by atoms with van der Waals surface area (Å²) in [6.45, 7) is 0. The standard InChI is InChI=1S/C13H14Cl3NO/c14-9-6-11(16)12(7-10(9)15)17-13(18)8-4-2-1-3-5-8/h6-8H,1-5H2,(H,17,18). The van der Waals surface area contributed by atoms with Crippen molar-refractivity contribution >= 4 is 46.4 Å². The van der Waals surface area contributed by atoms with Gasteiger partial charge in [0.2, 0.25) is 5.91 Å². The van der Waals surface area contributed by atoms with E-state index in [1.54, 1.807) is 12.1 Å². The minimum atomic E-state index is 0.0231. The molecule has 0 saturated heterocycles. The molecule has 1 N–H and O–H groups in total. The molecule has 2 nitrogen and oxygen atoms in total. The minimum Gasteiger partial charge on any atom is -0.324 e. The van der Waals surface area contributed by atoms with Crippen LogP contribution in [0.5, 0.6) is 0 Å². The van der Waals surface area contributed by atoms with Gasteiger partial charge in [0.15, 0.2) is 0 Å². The van der Waals surface area contributed by atoms with Gasteiger partial charge in [-0.05, 0) is 25.0 Å². The van der Waals surface area contributed by atoms with Crippen molar-refractivity contribution in [2.24, 2.45) is 5.92 Å². The second kappa shape index (κ2) is 6.14. The quantitative estimate of drug-likeness (QED) is 0.751. The number of carbonyl (C=O) groups excluding carboxylic acids is 1. The van der Waals surface area contributed by atoms with Gasteiger partial charge in [-0.2, -0.15) is 0 Å². The summed E-state index contributed by atoms with van der Waals surface area (Å²) in [6, 6.07) is 3.13. The molecule has 0 spiro atoms. The van der Waals surface area contributed by atoms with Crippen molar-refractivity contribution < 1.29 is 4.79 Å². The van der Waals surface area contributed by atoms with Gasteiger partial charge in [-0.1, -0.05) is 54.1 Å². The van der Waals surface area contributed by atoms with Crippen LogP contribution in [-0.2, 0) is 4.79 Å². The summed E-state index contributed by atoms with van der Waals surface area (Å²) in [4.78, 5) is 12.1. The summed E-state index contributed by atoms with van der Waals surface area (Å²) >= 11 is 17.8. The highest BCUT2D eigenvalue weighted by Crippen LogP contribution is 2.33. The summed E-state index contributed by atoms with van der Waals surface area (Å²) in [7, 11) is 0. The molecule has 2 rings (SSSR count). The first-order valence-electron chi connectivity index (χ1n) is 6.03. The van der Waals surface area contributed by atoms with Crippen molar-refractivity contribution in [2.75, 3.05) is 5.32 Å². The molecule has 1 saturated carbocycles. The van der Waals surface area contributed by atoms with Crippen LogP contribution < -0.4 is 5.32 Å². The molecule has 1 aliphatic rings. The summed E-state index contributed by atoms with van der Waals surface area (Å²) < 4.78 is 0. The highest BCUT2D eigenvalue weighted by atomic mass is 35.5. The Morgan fingerprint density at radius 3 is 2.28 bits per heavy atom. The second-order valence-corrected chi connectivity index (χ2v) is 5.79. The molecule has 98 valence electrons. The van der Waals surface area contributed by atoms with Crippen molar-refractivity contribution in [3.8, 4) is 0 Å². The molecule has 1 fully saturated rings. The molecular weight excluding hydrogens is 293 g/mol. The lowest BCUT2D eigenvalue weighted by molar-refractivity contribution is -0.120. The van der Waals surface area contributed by atoms with E-state index in [1.165, 1.54) is 6.42 Å². The highest BCUT2D eigenvalue weighted by Gasteiger charge is 2.21. The van der Waals surface area contributed by atoms with Crippen LogP contribution in [0, 0.1) is 5.92 Å². The van der Waals surface area contributed by atoms with Crippen molar-refractivity contribution in [1.29, 1.82) is 0 Å². The molecule has 0 aliphatic heterocycles. The molecule has 18 heavy (non-hydrogen) atoms. The molecule has 0 aromatic heterocycles. The fraction of sp³-hybridized carbons (Fsp3) is 0.462. The van der Waals surface area contributed by atoms with E-state index in [0.29, 0.717) is 20.8 Å². The van der Waals surface area contributed by atoms with Gasteiger partial charge in [0.25, 0.3) is 0 Å². The average Bonchev–Trinajstić information content (AvgIpc) is 2.37. The Bertz CT molecular complexity index is 456. The summed E-state index contributed by atoms with van der Waals surface area (Å²) in [5, 5.41) is 4.02. The summed E-state index contributed by atoms with van der Waals surface area (Å²) in [5.74, 6) is 0.110. The van der Waals surface area contributed by atoms with Crippen LogP contribution in [0.3, 0.4) is 0 Å². The maximum Gasteiger partial charge on any atom is 0.227 e. The molecule has 1 aromatic rings. The van der Waals surface area contributed by atoms with E-state index >= 15 is 0 Å². The maximum absolute atomic E-state index is 12.1. The first kappa shape index (κ1) is 14.0. The van der Waals surface area contributed by atoms with Crippen LogP contribution in [-0.4, -0.2) is 5.91 Å². The van der Waals surface area contributed by atoms with Gasteiger partial charge in [0.05, 0.1) is 20.8 Å². The van der Waals surface area contributed by atoms with E-state index in [1.807, 2.05) is 0 Å². The summed E-state index contributed by atoms with van der Waals surface area (Å²) in [5.41, 5.74) is 0.529. The van der Waals surface area contributed by atoms with E-state index in [9.17, 15) is 4.79 Å². The average molecular weight is 307 g/mol. The molecule has 1 amide bonds. The number of anilines is 1. The lowest BCUT2D eigenvalue weighted by Crippen LogP contribution is -2.24. The third-order valence-corrected chi connectivity index (χ3v) is 4.28. The highest BCUT2D eigenvalue weighted by molar-refractivity contribution is 6.44. The molecule has 0 bridgehead atoms. The molecule has 0 unspecified atom stereocenters. The number of hydrogen-bond acceptors (Lipinski definition) is 1. The van der Waals surface area contributed by atoms with Crippen LogP contribution in [0.1, 0.15) is 32.1 Å². The van der Waals surface area contributed by atoms with Crippen LogP contribution in [0.15, 0.2) is 12.1 Å². The number of hydrogen-bond donors (Lipinski definition) is 1. The Balaban J connectivity index is 2.08. The van der Waals surface area contributed by atoms with Crippen molar-refractivity contribution in [1.82, 2.24) is 0 Å². The first-order valence-corrected chi connectivity index (χ1v) is 7.16. The van der Waals surface area contributed by atoms with Crippen molar-refractivity contribution in [3.05, 3.63) is 27.2 Å². The zero-order valence-electron chi connectivity index (χ0n) is 9.81. The normalized spacial score (nSPS) is 16.6. The van der Waals surface area contributed by atoms with Gasteiger partial charge in [-0.3, -0.25) is 4.79 Å². The van der Waals surface area contributed by atoms with E-state index in [4.69, 9.17) is 34.8 Å². The number of carbonyl (C=O) groups is 1. The zero-order chi connectivity index (χ0) is 13.1. The molecule has 1 aromatic carbocycles. The fourth-order valence-corrected chi connectivity index (χ4v) is 2.81. The topological polar surface area (TPSA) is 29.1 Å². The van der Waals surface area contributed by atoms with Gasteiger partial charge in [-0.25, -0.2) is 0 Å². The van der Waals surface area contributed by atoms with E-state index < -0.39 is 0 Å². The van der Waals surface area contributed by atoms with Gasteiger partial charge >= 0.3 is 0 Å². The van der Waals surface area contributed by atoms with Crippen molar-refractivity contribution in [3.63, 3.8) is 0 Å². The van der Waals surface area contributed by atoms with Crippen LogP contribution in [0.25, 0.3) is 0 Å². The molecule has 0 radical (unpaired) electrons. The Morgan fingerprint density at radius 2 is 1.61 bits per heavy atom. The lowest BCUT2D eigenvalue weighted by atomic mass is 9.88. The number of benzene rings is 1. The van der Waals surface area contributed by atoms with E-state index in [-0.39, 0.29) is 11.8 Å². The monoisotopic (exact) mass is 305 g/mol. The van der Waals surface area contributed by atoms with Crippen LogP contribution >= 0.6 is 34.8 Å². The first-order chi connectivity index (χ1) is 8.58. The maximum atomic E-state index is 12.1. The largest absolute Gasteiger partial charge is 0.324 e. The number of halogens is 3. The zero-order valence-corrected chi connectivity index (χ0v) is 12.1. The molecule has 5 heteroatoms. The van der Waals surface area contributed by atoms with Crippen molar-refractivity contribution in [2.45, 2.75) is 32.1 Å². The Hall–Kier alpha value is -0.440. The predicted molar refractivity (Wildman–Crippen MR) is 76.7 cm³/mol. The third kappa shape index (κ3) is 3.31. The van der Waals surface area contributed by atoms with E-state index in [2.05, 4.69) is 5.32 Å². The summed E-state index contributed by atoms with van der Waals surface area (Å²) in [6.07, 6.45) is 5.35. The van der Waals surface area contributed by atoms with Crippen LogP contribution in [0.4, 0.5) is 5.69 Å². The Labute approximate surface area is 122 Å². The third-order valence-electron chi connectivity index (χ3n) is 3.24. The number of rotatable bonds is 2. The smallest absolute Gasteiger partial charge is 0.227 e. The van der Waals surface area contributed by atoms with Gasteiger partial charge in [-0.15, -0.1) is 0 Å². The molecule has 0 heterocycles. The number of nitrogens with one attached hydrogen (secondary N) is 1. The second-order valence-electron chi connectivity index (χ2n) is 4.57. The van der Waals surface area contributed by atoms with Gasteiger partial charge in [0.1, 0.15) is 0 Å². The van der Waals surface area contributed by atoms with Gasteiger partial charge in [0, 0.05) is 5.92 Å².